The van der Waals surface area contributed by atoms with E-state index in [1.807, 2.05) is 51.1 Å². The number of anilines is 1. The highest BCUT2D eigenvalue weighted by Gasteiger charge is 2.13. The number of nitrogens with zero attached hydrogens (tertiary/aromatic N) is 1. The minimum atomic E-state index is 0.0598. The van der Waals surface area contributed by atoms with Gasteiger partial charge in [-0.1, -0.05) is 38.1 Å². The van der Waals surface area contributed by atoms with Gasteiger partial charge in [0.1, 0.15) is 5.01 Å². The van der Waals surface area contributed by atoms with Gasteiger partial charge >= 0.3 is 0 Å². The summed E-state index contributed by atoms with van der Waals surface area (Å²) in [5.41, 5.74) is 4.02. The molecule has 23 heavy (non-hydrogen) atoms. The van der Waals surface area contributed by atoms with Crippen molar-refractivity contribution < 1.29 is 4.79 Å². The first kappa shape index (κ1) is 15.7. The molecule has 0 bridgehead atoms. The predicted molar refractivity (Wildman–Crippen MR) is 97.9 cm³/mol. The Labute approximate surface area is 140 Å². The van der Waals surface area contributed by atoms with Crippen molar-refractivity contribution in [2.75, 3.05) is 5.32 Å². The topological polar surface area (TPSA) is 42.0 Å². The lowest BCUT2D eigenvalue weighted by atomic mass is 10.1. The van der Waals surface area contributed by atoms with Gasteiger partial charge in [0.2, 0.25) is 5.91 Å². The molecule has 3 rings (SSSR count). The maximum absolute atomic E-state index is 12.0. The van der Waals surface area contributed by atoms with Gasteiger partial charge in [0.05, 0.1) is 10.2 Å². The van der Waals surface area contributed by atoms with Gasteiger partial charge in [-0.3, -0.25) is 4.79 Å². The van der Waals surface area contributed by atoms with Crippen molar-refractivity contribution in [2.24, 2.45) is 5.92 Å². The SMILES string of the molecule is Cc1c(NC(=O)CC(C)C)cccc1-c1nc2ccccc2s1. The second-order valence-corrected chi connectivity index (χ2v) is 7.14. The van der Waals surface area contributed by atoms with Crippen LogP contribution in [0, 0.1) is 12.8 Å². The van der Waals surface area contributed by atoms with Crippen LogP contribution in [0.1, 0.15) is 25.8 Å². The molecule has 0 atom stereocenters. The molecular weight excluding hydrogens is 304 g/mol. The minimum Gasteiger partial charge on any atom is -0.326 e. The smallest absolute Gasteiger partial charge is 0.224 e. The molecule has 3 nitrogen and oxygen atoms in total. The van der Waals surface area contributed by atoms with E-state index in [-0.39, 0.29) is 5.91 Å². The molecule has 0 fully saturated rings. The normalized spacial score (nSPS) is 11.1. The molecule has 1 amide bonds. The Morgan fingerprint density at radius 2 is 1.96 bits per heavy atom. The van der Waals surface area contributed by atoms with Gasteiger partial charge in [0, 0.05) is 17.7 Å². The van der Waals surface area contributed by atoms with Crippen LogP contribution in [0.4, 0.5) is 5.69 Å². The van der Waals surface area contributed by atoms with E-state index in [1.54, 1.807) is 11.3 Å². The van der Waals surface area contributed by atoms with E-state index >= 15 is 0 Å². The van der Waals surface area contributed by atoms with Crippen LogP contribution in [-0.4, -0.2) is 10.9 Å². The summed E-state index contributed by atoms with van der Waals surface area (Å²) in [6.07, 6.45) is 0.533. The first-order chi connectivity index (χ1) is 11.0. The molecule has 0 saturated heterocycles. The number of thiazole rings is 1. The molecule has 0 saturated carbocycles. The molecule has 0 unspecified atom stereocenters. The minimum absolute atomic E-state index is 0.0598. The summed E-state index contributed by atoms with van der Waals surface area (Å²) in [7, 11) is 0. The van der Waals surface area contributed by atoms with Gasteiger partial charge in [0.15, 0.2) is 0 Å². The second-order valence-electron chi connectivity index (χ2n) is 6.11. The van der Waals surface area contributed by atoms with Crippen LogP contribution in [0.15, 0.2) is 42.5 Å². The Morgan fingerprint density at radius 3 is 2.70 bits per heavy atom. The molecule has 1 N–H and O–H groups in total. The maximum Gasteiger partial charge on any atom is 0.224 e. The molecule has 118 valence electrons. The Balaban J connectivity index is 1.94. The lowest BCUT2D eigenvalue weighted by Crippen LogP contribution is -2.14. The fraction of sp³-hybridized carbons (Fsp3) is 0.263. The standard InChI is InChI=1S/C19H20N2OS/c1-12(2)11-18(22)20-15-9-6-7-14(13(15)3)19-21-16-8-4-5-10-17(16)23-19/h4-10,12H,11H2,1-3H3,(H,20,22). The highest BCUT2D eigenvalue weighted by Crippen LogP contribution is 2.34. The summed E-state index contributed by atoms with van der Waals surface area (Å²) in [6.45, 7) is 6.13. The average Bonchev–Trinajstić information content (AvgIpc) is 2.92. The summed E-state index contributed by atoms with van der Waals surface area (Å²) >= 11 is 1.68. The van der Waals surface area contributed by atoms with Crippen LogP contribution in [0.5, 0.6) is 0 Å². The molecule has 4 heteroatoms. The number of carbonyl (C=O) groups is 1. The zero-order valence-corrected chi connectivity index (χ0v) is 14.4. The first-order valence-corrected chi connectivity index (χ1v) is 8.61. The average molecular weight is 324 g/mol. The predicted octanol–water partition coefficient (Wildman–Crippen LogP) is 5.26. The van der Waals surface area contributed by atoms with E-state index in [4.69, 9.17) is 4.98 Å². The van der Waals surface area contributed by atoms with Crippen molar-refractivity contribution in [3.05, 3.63) is 48.0 Å². The van der Waals surface area contributed by atoms with Crippen molar-refractivity contribution in [2.45, 2.75) is 27.2 Å². The van der Waals surface area contributed by atoms with E-state index in [0.29, 0.717) is 12.3 Å². The molecule has 1 heterocycles. The number of nitrogens with one attached hydrogen (secondary N) is 1. The van der Waals surface area contributed by atoms with Gasteiger partial charge in [-0.25, -0.2) is 4.98 Å². The first-order valence-electron chi connectivity index (χ1n) is 7.80. The summed E-state index contributed by atoms with van der Waals surface area (Å²) in [5, 5.41) is 4.01. The Bertz CT molecular complexity index is 818. The number of para-hydroxylation sites is 1. The van der Waals surface area contributed by atoms with Crippen molar-refractivity contribution in [1.82, 2.24) is 4.98 Å². The van der Waals surface area contributed by atoms with Crippen LogP contribution >= 0.6 is 11.3 Å². The lowest BCUT2D eigenvalue weighted by molar-refractivity contribution is -0.116. The zero-order valence-electron chi connectivity index (χ0n) is 13.6. The lowest BCUT2D eigenvalue weighted by Gasteiger charge is -2.12. The van der Waals surface area contributed by atoms with Crippen molar-refractivity contribution >= 4 is 33.1 Å². The van der Waals surface area contributed by atoms with Gasteiger partial charge in [-0.15, -0.1) is 11.3 Å². The monoisotopic (exact) mass is 324 g/mol. The number of amides is 1. The maximum atomic E-state index is 12.0. The van der Waals surface area contributed by atoms with E-state index in [9.17, 15) is 4.79 Å². The molecular formula is C19H20N2OS. The number of fused-ring (bicyclic) bond motifs is 1. The highest BCUT2D eigenvalue weighted by molar-refractivity contribution is 7.21. The number of rotatable bonds is 4. The molecule has 0 aliphatic carbocycles. The molecule has 2 aromatic carbocycles. The van der Waals surface area contributed by atoms with Crippen molar-refractivity contribution in [3.8, 4) is 10.6 Å². The third-order valence-corrected chi connectivity index (χ3v) is 4.80. The Morgan fingerprint density at radius 1 is 1.17 bits per heavy atom. The quantitative estimate of drug-likeness (QED) is 0.711. The van der Waals surface area contributed by atoms with E-state index < -0.39 is 0 Å². The largest absolute Gasteiger partial charge is 0.326 e. The van der Waals surface area contributed by atoms with Crippen LogP contribution in [-0.2, 0) is 4.79 Å². The van der Waals surface area contributed by atoms with E-state index in [2.05, 4.69) is 17.4 Å². The number of hydrogen-bond donors (Lipinski definition) is 1. The van der Waals surface area contributed by atoms with Crippen LogP contribution < -0.4 is 5.32 Å². The third-order valence-electron chi connectivity index (χ3n) is 3.73. The fourth-order valence-electron chi connectivity index (χ4n) is 2.56. The number of benzene rings is 2. The summed E-state index contributed by atoms with van der Waals surface area (Å²) < 4.78 is 1.18. The molecule has 3 aromatic rings. The van der Waals surface area contributed by atoms with E-state index in [0.717, 1.165) is 27.3 Å². The van der Waals surface area contributed by atoms with Gasteiger partial charge < -0.3 is 5.32 Å². The van der Waals surface area contributed by atoms with Gasteiger partial charge in [-0.2, -0.15) is 0 Å². The summed E-state index contributed by atoms with van der Waals surface area (Å²) in [6, 6.07) is 14.1. The highest BCUT2D eigenvalue weighted by atomic mass is 32.1. The Hall–Kier alpha value is -2.20. The summed E-state index contributed by atoms with van der Waals surface area (Å²) in [4.78, 5) is 16.8. The van der Waals surface area contributed by atoms with Crippen molar-refractivity contribution in [1.29, 1.82) is 0 Å². The Kier molecular flexibility index (Phi) is 4.44. The van der Waals surface area contributed by atoms with E-state index in [1.165, 1.54) is 4.70 Å². The molecule has 0 aliphatic heterocycles. The van der Waals surface area contributed by atoms with Crippen molar-refractivity contribution in [3.63, 3.8) is 0 Å². The second kappa shape index (κ2) is 6.50. The number of hydrogen-bond acceptors (Lipinski definition) is 3. The van der Waals surface area contributed by atoms with Gasteiger partial charge in [0.25, 0.3) is 0 Å². The van der Waals surface area contributed by atoms with Crippen LogP contribution in [0.25, 0.3) is 20.8 Å². The molecule has 0 aliphatic rings. The van der Waals surface area contributed by atoms with Crippen LogP contribution in [0.2, 0.25) is 0 Å². The zero-order chi connectivity index (χ0) is 16.4. The number of aromatic nitrogens is 1. The number of carbonyl (C=O) groups excluding carboxylic acids is 1. The third kappa shape index (κ3) is 3.42. The fourth-order valence-corrected chi connectivity index (χ4v) is 3.61. The summed E-state index contributed by atoms with van der Waals surface area (Å²) in [5.74, 6) is 0.410. The molecule has 0 radical (unpaired) electrons. The molecule has 1 aromatic heterocycles. The van der Waals surface area contributed by atoms with Crippen LogP contribution in [0.3, 0.4) is 0 Å². The van der Waals surface area contributed by atoms with Gasteiger partial charge in [-0.05, 0) is 36.6 Å². The molecule has 0 spiro atoms.